The summed E-state index contributed by atoms with van der Waals surface area (Å²) in [5, 5.41) is 2.80. The van der Waals surface area contributed by atoms with Crippen molar-refractivity contribution in [3.8, 4) is 11.1 Å². The van der Waals surface area contributed by atoms with Crippen molar-refractivity contribution in [2.24, 2.45) is 5.41 Å². The molecule has 4 nitrogen and oxygen atoms in total. The maximum absolute atomic E-state index is 13.9. The Labute approximate surface area is 164 Å². The number of piperidine rings is 1. The first kappa shape index (κ1) is 18.7. The van der Waals surface area contributed by atoms with Crippen molar-refractivity contribution in [2.45, 2.75) is 38.6 Å². The summed E-state index contributed by atoms with van der Waals surface area (Å²) in [6.45, 7) is 3.31. The van der Waals surface area contributed by atoms with Crippen LogP contribution in [-0.2, 0) is 4.79 Å². The van der Waals surface area contributed by atoms with Crippen LogP contribution in [0.25, 0.3) is 11.1 Å². The van der Waals surface area contributed by atoms with Crippen LogP contribution in [0.3, 0.4) is 0 Å². The highest BCUT2D eigenvalue weighted by atomic mass is 19.1. The zero-order chi connectivity index (χ0) is 19.7. The van der Waals surface area contributed by atoms with E-state index in [2.05, 4.69) is 5.32 Å². The fraction of sp³-hybridized carbons (Fsp3) is 0.391. The van der Waals surface area contributed by atoms with Crippen LogP contribution in [0.1, 0.15) is 43.0 Å². The van der Waals surface area contributed by atoms with Crippen molar-refractivity contribution < 1.29 is 14.0 Å². The van der Waals surface area contributed by atoms with Gasteiger partial charge in [0.15, 0.2) is 0 Å². The van der Waals surface area contributed by atoms with Crippen molar-refractivity contribution >= 4 is 11.8 Å². The van der Waals surface area contributed by atoms with E-state index in [0.29, 0.717) is 22.1 Å². The molecule has 5 heteroatoms. The summed E-state index contributed by atoms with van der Waals surface area (Å²) in [7, 11) is 0. The molecule has 0 aromatic heterocycles. The van der Waals surface area contributed by atoms with Gasteiger partial charge in [0.05, 0.1) is 0 Å². The highest BCUT2D eigenvalue weighted by Gasteiger charge is 2.45. The Morgan fingerprint density at radius 3 is 2.25 bits per heavy atom. The van der Waals surface area contributed by atoms with Gasteiger partial charge in [-0.3, -0.25) is 9.59 Å². The van der Waals surface area contributed by atoms with Crippen LogP contribution >= 0.6 is 0 Å². The molecule has 1 heterocycles. The van der Waals surface area contributed by atoms with E-state index < -0.39 is 6.04 Å². The second kappa shape index (κ2) is 7.38. The first-order valence-corrected chi connectivity index (χ1v) is 9.92. The topological polar surface area (TPSA) is 49.4 Å². The van der Waals surface area contributed by atoms with Crippen LogP contribution in [0, 0.1) is 11.2 Å². The van der Waals surface area contributed by atoms with Gasteiger partial charge in [-0.05, 0) is 61.8 Å². The Morgan fingerprint density at radius 2 is 1.64 bits per heavy atom. The smallest absolute Gasteiger partial charge is 0.251 e. The minimum atomic E-state index is -0.563. The highest BCUT2D eigenvalue weighted by Crippen LogP contribution is 2.53. The summed E-state index contributed by atoms with van der Waals surface area (Å²) >= 11 is 0. The molecule has 1 atom stereocenters. The van der Waals surface area contributed by atoms with Crippen LogP contribution in [0.2, 0.25) is 0 Å². The first-order valence-electron chi connectivity index (χ1n) is 9.92. The Bertz CT molecular complexity index is 880. The minimum absolute atomic E-state index is 0.0215. The van der Waals surface area contributed by atoms with Gasteiger partial charge in [-0.15, -0.1) is 0 Å². The maximum Gasteiger partial charge on any atom is 0.251 e. The van der Waals surface area contributed by atoms with Gasteiger partial charge in [-0.2, -0.15) is 0 Å². The van der Waals surface area contributed by atoms with Crippen LogP contribution in [0.5, 0.6) is 0 Å². The molecule has 1 aliphatic heterocycles. The lowest BCUT2D eigenvalue weighted by Gasteiger charge is -2.33. The number of hydrogen-bond acceptors (Lipinski definition) is 2. The number of nitrogens with zero attached hydrogens (tertiary/aromatic N) is 1. The number of likely N-dealkylation sites (tertiary alicyclic amines) is 1. The second-order valence-corrected chi connectivity index (χ2v) is 8.08. The van der Waals surface area contributed by atoms with E-state index in [1.807, 2.05) is 4.90 Å². The zero-order valence-electron chi connectivity index (χ0n) is 16.1. The zero-order valence-corrected chi connectivity index (χ0v) is 16.1. The molecule has 1 N–H and O–H groups in total. The predicted molar refractivity (Wildman–Crippen MR) is 106 cm³/mol. The molecule has 1 saturated carbocycles. The molecule has 1 aliphatic carbocycles. The maximum atomic E-state index is 13.9. The Balaban J connectivity index is 1.36. The van der Waals surface area contributed by atoms with E-state index in [1.165, 1.54) is 18.9 Å². The fourth-order valence-electron chi connectivity index (χ4n) is 3.99. The summed E-state index contributed by atoms with van der Waals surface area (Å²) in [6.07, 6.45) is 4.75. The molecule has 0 bridgehead atoms. The van der Waals surface area contributed by atoms with E-state index >= 15 is 0 Å². The SMILES string of the molecule is CC(NC(=O)c1ccc(-c2ccccc2F)cc1)C(=O)N1CCC2(CC1)CC2. The van der Waals surface area contributed by atoms with Gasteiger partial charge in [0.25, 0.3) is 5.91 Å². The molecule has 2 fully saturated rings. The van der Waals surface area contributed by atoms with Gasteiger partial charge in [0.2, 0.25) is 5.91 Å². The van der Waals surface area contributed by atoms with E-state index in [1.54, 1.807) is 49.4 Å². The lowest BCUT2D eigenvalue weighted by Crippen LogP contribution is -2.49. The molecule has 1 spiro atoms. The van der Waals surface area contributed by atoms with Gasteiger partial charge in [-0.1, -0.05) is 30.3 Å². The van der Waals surface area contributed by atoms with Gasteiger partial charge >= 0.3 is 0 Å². The number of amides is 2. The normalized spacial score (nSPS) is 18.6. The highest BCUT2D eigenvalue weighted by molar-refractivity contribution is 5.97. The molecule has 4 rings (SSSR count). The van der Waals surface area contributed by atoms with Crippen molar-refractivity contribution in [1.29, 1.82) is 0 Å². The largest absolute Gasteiger partial charge is 0.341 e. The van der Waals surface area contributed by atoms with Crippen LogP contribution in [-0.4, -0.2) is 35.8 Å². The van der Waals surface area contributed by atoms with E-state index in [-0.39, 0.29) is 17.6 Å². The third-order valence-electron chi connectivity index (χ3n) is 6.14. The summed E-state index contributed by atoms with van der Waals surface area (Å²) in [5.74, 6) is -0.614. The number of rotatable bonds is 4. The molecule has 0 radical (unpaired) electrons. The third kappa shape index (κ3) is 3.79. The Kier molecular flexibility index (Phi) is 4.92. The molecule has 2 amide bonds. The molecule has 146 valence electrons. The summed E-state index contributed by atoms with van der Waals surface area (Å²) in [6, 6.07) is 12.7. The minimum Gasteiger partial charge on any atom is -0.341 e. The summed E-state index contributed by atoms with van der Waals surface area (Å²) < 4.78 is 13.9. The number of nitrogens with one attached hydrogen (secondary N) is 1. The van der Waals surface area contributed by atoms with Crippen molar-refractivity contribution in [1.82, 2.24) is 10.2 Å². The monoisotopic (exact) mass is 380 g/mol. The van der Waals surface area contributed by atoms with Crippen molar-refractivity contribution in [3.63, 3.8) is 0 Å². The molecular formula is C23H25FN2O2. The number of carbonyl (C=O) groups excluding carboxylic acids is 2. The van der Waals surface area contributed by atoms with Gasteiger partial charge in [0.1, 0.15) is 11.9 Å². The second-order valence-electron chi connectivity index (χ2n) is 8.08. The van der Waals surface area contributed by atoms with Crippen LogP contribution in [0.15, 0.2) is 48.5 Å². The van der Waals surface area contributed by atoms with Gasteiger partial charge < -0.3 is 10.2 Å². The number of carbonyl (C=O) groups is 2. The Hall–Kier alpha value is -2.69. The molecule has 2 aliphatic rings. The van der Waals surface area contributed by atoms with Gasteiger partial charge in [-0.25, -0.2) is 4.39 Å². The van der Waals surface area contributed by atoms with Crippen molar-refractivity contribution in [2.75, 3.05) is 13.1 Å². The standard InChI is InChI=1S/C23H25FN2O2/c1-16(22(28)26-14-12-23(10-11-23)13-15-26)25-21(27)18-8-6-17(7-9-18)19-4-2-3-5-20(19)24/h2-9,16H,10-15H2,1H3,(H,25,27). The molecule has 1 saturated heterocycles. The van der Waals surface area contributed by atoms with E-state index in [9.17, 15) is 14.0 Å². The van der Waals surface area contributed by atoms with Gasteiger partial charge in [0, 0.05) is 24.2 Å². The van der Waals surface area contributed by atoms with Crippen LogP contribution < -0.4 is 5.32 Å². The van der Waals surface area contributed by atoms with E-state index in [0.717, 1.165) is 25.9 Å². The molecule has 1 unspecified atom stereocenters. The molecule has 2 aromatic rings. The number of halogens is 1. The quantitative estimate of drug-likeness (QED) is 0.871. The predicted octanol–water partition coefficient (Wildman–Crippen LogP) is 4.01. The fourth-order valence-corrected chi connectivity index (χ4v) is 3.99. The average molecular weight is 380 g/mol. The van der Waals surface area contributed by atoms with Crippen LogP contribution in [0.4, 0.5) is 4.39 Å². The lowest BCUT2D eigenvalue weighted by molar-refractivity contribution is -0.134. The van der Waals surface area contributed by atoms with Crippen molar-refractivity contribution in [3.05, 3.63) is 59.9 Å². The number of benzene rings is 2. The molecule has 28 heavy (non-hydrogen) atoms. The molecular weight excluding hydrogens is 355 g/mol. The summed E-state index contributed by atoms with van der Waals surface area (Å²) in [4.78, 5) is 27.0. The third-order valence-corrected chi connectivity index (χ3v) is 6.14. The summed E-state index contributed by atoms with van der Waals surface area (Å²) in [5.41, 5.74) is 2.18. The number of hydrogen-bond donors (Lipinski definition) is 1. The first-order chi connectivity index (χ1) is 13.5. The molecule has 2 aromatic carbocycles. The Morgan fingerprint density at radius 1 is 1.00 bits per heavy atom. The lowest BCUT2D eigenvalue weighted by atomic mass is 9.93. The average Bonchev–Trinajstić information content (AvgIpc) is 3.47. The van der Waals surface area contributed by atoms with E-state index in [4.69, 9.17) is 0 Å².